The molecule has 1 fully saturated rings. The molecule has 0 radical (unpaired) electrons. The molecule has 2 N–H and O–H groups in total. The number of nitrogens with zero attached hydrogens (tertiary/aromatic N) is 3. The van der Waals surface area contributed by atoms with Gasteiger partial charge in [-0.05, 0) is 63.4 Å². The van der Waals surface area contributed by atoms with Crippen molar-refractivity contribution in [1.82, 2.24) is 15.6 Å². The SMILES string of the molecule is CC(NC(=O)Oc1ccc2c(c1)N(C(=O)CNC1CCCCC1)CC(=O)N2C(C)C)c1ccncc1. The van der Waals surface area contributed by atoms with Crippen LogP contribution < -0.4 is 25.2 Å². The van der Waals surface area contributed by atoms with Crippen LogP contribution in [0.5, 0.6) is 5.75 Å². The summed E-state index contributed by atoms with van der Waals surface area (Å²) in [4.78, 5) is 45.9. The maximum absolute atomic E-state index is 13.2. The monoisotopic (exact) mass is 493 g/mol. The Kier molecular flexibility index (Phi) is 8.20. The molecule has 192 valence electrons. The van der Waals surface area contributed by atoms with Gasteiger partial charge >= 0.3 is 6.09 Å². The fourth-order valence-electron chi connectivity index (χ4n) is 4.89. The minimum atomic E-state index is -0.608. The fourth-order valence-corrected chi connectivity index (χ4v) is 4.89. The van der Waals surface area contributed by atoms with Crippen molar-refractivity contribution in [2.45, 2.75) is 71.0 Å². The van der Waals surface area contributed by atoms with Gasteiger partial charge in [-0.2, -0.15) is 0 Å². The summed E-state index contributed by atoms with van der Waals surface area (Å²) in [6.07, 6.45) is 8.43. The summed E-state index contributed by atoms with van der Waals surface area (Å²) >= 11 is 0. The van der Waals surface area contributed by atoms with Gasteiger partial charge in [-0.1, -0.05) is 19.3 Å². The number of nitrogens with one attached hydrogen (secondary N) is 2. The van der Waals surface area contributed by atoms with E-state index in [0.717, 1.165) is 18.4 Å². The number of carbonyl (C=O) groups excluding carboxylic acids is 3. The Balaban J connectivity index is 1.50. The van der Waals surface area contributed by atoms with Crippen molar-refractivity contribution in [3.63, 3.8) is 0 Å². The smallest absolute Gasteiger partial charge is 0.410 e. The summed E-state index contributed by atoms with van der Waals surface area (Å²) in [5.74, 6) is -0.0168. The number of aromatic nitrogens is 1. The highest BCUT2D eigenvalue weighted by molar-refractivity contribution is 6.12. The van der Waals surface area contributed by atoms with Crippen molar-refractivity contribution in [3.8, 4) is 5.75 Å². The van der Waals surface area contributed by atoms with Gasteiger partial charge in [0, 0.05) is 30.5 Å². The first-order valence-electron chi connectivity index (χ1n) is 12.7. The van der Waals surface area contributed by atoms with Crippen LogP contribution in [0.1, 0.15) is 64.5 Å². The van der Waals surface area contributed by atoms with E-state index < -0.39 is 6.09 Å². The number of ether oxygens (including phenoxy) is 1. The molecule has 3 amide bonds. The second-order valence-electron chi connectivity index (χ2n) is 9.74. The summed E-state index contributed by atoms with van der Waals surface area (Å²) in [7, 11) is 0. The highest BCUT2D eigenvalue weighted by atomic mass is 16.6. The summed E-state index contributed by atoms with van der Waals surface area (Å²) < 4.78 is 5.56. The minimum absolute atomic E-state index is 0.0505. The number of pyridine rings is 1. The molecule has 9 nitrogen and oxygen atoms in total. The molecule has 1 aromatic heterocycles. The lowest BCUT2D eigenvalue weighted by Crippen LogP contribution is -2.52. The van der Waals surface area contributed by atoms with E-state index in [9.17, 15) is 14.4 Å². The van der Waals surface area contributed by atoms with Gasteiger partial charge in [0.05, 0.1) is 24.0 Å². The number of hydrogen-bond donors (Lipinski definition) is 2. The molecule has 0 bridgehead atoms. The summed E-state index contributed by atoms with van der Waals surface area (Å²) in [5, 5.41) is 6.17. The molecule has 0 spiro atoms. The predicted molar refractivity (Wildman–Crippen MR) is 138 cm³/mol. The van der Waals surface area contributed by atoms with Crippen molar-refractivity contribution < 1.29 is 19.1 Å². The van der Waals surface area contributed by atoms with Gasteiger partial charge in [0.1, 0.15) is 12.3 Å². The predicted octanol–water partition coefficient (Wildman–Crippen LogP) is 3.94. The van der Waals surface area contributed by atoms with E-state index in [1.54, 1.807) is 35.5 Å². The van der Waals surface area contributed by atoms with Crippen LogP contribution in [0, 0.1) is 0 Å². The van der Waals surface area contributed by atoms with E-state index in [0.29, 0.717) is 23.2 Å². The number of amides is 3. The zero-order valence-electron chi connectivity index (χ0n) is 21.2. The highest BCUT2D eigenvalue weighted by Crippen LogP contribution is 2.38. The van der Waals surface area contributed by atoms with E-state index in [4.69, 9.17) is 4.74 Å². The third kappa shape index (κ3) is 6.02. The van der Waals surface area contributed by atoms with Crippen LogP contribution >= 0.6 is 0 Å². The third-order valence-electron chi connectivity index (χ3n) is 6.77. The summed E-state index contributed by atoms with van der Waals surface area (Å²) in [6, 6.07) is 8.67. The van der Waals surface area contributed by atoms with Crippen molar-refractivity contribution >= 4 is 29.3 Å². The lowest BCUT2D eigenvalue weighted by Gasteiger charge is -2.38. The second kappa shape index (κ2) is 11.5. The number of fused-ring (bicyclic) bond motifs is 1. The molecule has 9 heteroatoms. The van der Waals surface area contributed by atoms with Crippen molar-refractivity contribution in [1.29, 1.82) is 0 Å². The molecule has 2 aliphatic rings. The molecule has 1 aromatic carbocycles. The summed E-state index contributed by atoms with van der Waals surface area (Å²) in [5.41, 5.74) is 2.09. The average Bonchev–Trinajstić information content (AvgIpc) is 2.87. The molecule has 2 heterocycles. The minimum Gasteiger partial charge on any atom is -0.410 e. The van der Waals surface area contributed by atoms with Crippen LogP contribution in [0.4, 0.5) is 16.2 Å². The van der Waals surface area contributed by atoms with Crippen LogP contribution in [0.25, 0.3) is 0 Å². The van der Waals surface area contributed by atoms with Gasteiger partial charge in [0.2, 0.25) is 11.8 Å². The van der Waals surface area contributed by atoms with E-state index in [1.807, 2.05) is 32.9 Å². The largest absolute Gasteiger partial charge is 0.413 e. The van der Waals surface area contributed by atoms with Gasteiger partial charge in [-0.3, -0.25) is 19.5 Å². The number of benzene rings is 1. The fraction of sp³-hybridized carbons (Fsp3) is 0.481. The molecule has 36 heavy (non-hydrogen) atoms. The first-order chi connectivity index (χ1) is 17.3. The van der Waals surface area contributed by atoms with Gasteiger partial charge < -0.3 is 20.3 Å². The molecular weight excluding hydrogens is 458 g/mol. The Hall–Kier alpha value is -3.46. The lowest BCUT2D eigenvalue weighted by atomic mass is 9.95. The Labute approximate surface area is 212 Å². The first kappa shape index (κ1) is 25.6. The molecule has 1 saturated carbocycles. The van der Waals surface area contributed by atoms with Crippen LogP contribution in [0.15, 0.2) is 42.7 Å². The molecule has 1 atom stereocenters. The Morgan fingerprint density at radius 2 is 1.78 bits per heavy atom. The van der Waals surface area contributed by atoms with Crippen molar-refractivity contribution in [3.05, 3.63) is 48.3 Å². The van der Waals surface area contributed by atoms with Crippen LogP contribution in [0.3, 0.4) is 0 Å². The number of rotatable bonds is 7. The average molecular weight is 494 g/mol. The van der Waals surface area contributed by atoms with E-state index in [-0.39, 0.29) is 37.0 Å². The van der Waals surface area contributed by atoms with Crippen molar-refractivity contribution in [2.24, 2.45) is 0 Å². The van der Waals surface area contributed by atoms with E-state index in [1.165, 1.54) is 24.2 Å². The Morgan fingerprint density at radius 3 is 2.47 bits per heavy atom. The number of hydrogen-bond acceptors (Lipinski definition) is 6. The normalized spacial score (nSPS) is 17.1. The molecular formula is C27H35N5O4. The van der Waals surface area contributed by atoms with Gasteiger partial charge in [-0.25, -0.2) is 4.79 Å². The second-order valence-corrected chi connectivity index (χ2v) is 9.74. The third-order valence-corrected chi connectivity index (χ3v) is 6.77. The summed E-state index contributed by atoms with van der Waals surface area (Å²) in [6.45, 7) is 5.83. The number of anilines is 2. The quantitative estimate of drug-likeness (QED) is 0.606. The highest BCUT2D eigenvalue weighted by Gasteiger charge is 2.34. The maximum atomic E-state index is 13.2. The van der Waals surface area contributed by atoms with Gasteiger partial charge in [0.25, 0.3) is 0 Å². The molecule has 1 unspecified atom stereocenters. The molecule has 4 rings (SSSR count). The van der Waals surface area contributed by atoms with E-state index >= 15 is 0 Å². The molecule has 1 aliphatic carbocycles. The van der Waals surface area contributed by atoms with Crippen molar-refractivity contribution in [2.75, 3.05) is 22.9 Å². The number of carbonyl (C=O) groups is 3. The maximum Gasteiger partial charge on any atom is 0.413 e. The van der Waals surface area contributed by atoms with Crippen LogP contribution in [0.2, 0.25) is 0 Å². The standard InChI is InChI=1S/C27H35N5O4/c1-18(2)32-23-10-9-22(36-27(35)30-19(3)20-11-13-28-14-12-20)15-24(23)31(17-26(32)34)25(33)16-29-21-7-5-4-6-8-21/h9-15,18-19,21,29H,4-8,16-17H2,1-3H3,(H,30,35). The molecule has 0 saturated heterocycles. The Bertz CT molecular complexity index is 1080. The van der Waals surface area contributed by atoms with Gasteiger partial charge in [-0.15, -0.1) is 0 Å². The zero-order valence-corrected chi connectivity index (χ0v) is 21.2. The van der Waals surface area contributed by atoms with E-state index in [2.05, 4.69) is 15.6 Å². The van der Waals surface area contributed by atoms with Crippen LogP contribution in [-0.4, -0.2) is 48.1 Å². The topological polar surface area (TPSA) is 104 Å². The molecule has 2 aromatic rings. The first-order valence-corrected chi connectivity index (χ1v) is 12.7. The lowest BCUT2D eigenvalue weighted by molar-refractivity contribution is -0.122. The van der Waals surface area contributed by atoms with Gasteiger partial charge in [0.15, 0.2) is 0 Å². The van der Waals surface area contributed by atoms with Crippen LogP contribution in [-0.2, 0) is 9.59 Å². The Morgan fingerprint density at radius 1 is 1.06 bits per heavy atom. The molecule has 1 aliphatic heterocycles. The zero-order chi connectivity index (χ0) is 25.7.